The number of aldehydes is 1. The lowest BCUT2D eigenvalue weighted by Gasteiger charge is -2.17. The second-order valence-electron chi connectivity index (χ2n) is 3.52. The van der Waals surface area contributed by atoms with Crippen LogP contribution in [0.3, 0.4) is 0 Å². The van der Waals surface area contributed by atoms with Gasteiger partial charge in [0, 0.05) is 11.3 Å². The van der Waals surface area contributed by atoms with Gasteiger partial charge < -0.3 is 4.74 Å². The first-order chi connectivity index (χ1) is 7.88. The fourth-order valence-electron chi connectivity index (χ4n) is 1.53. The largest absolute Gasteiger partial charge is 0.452 e. The first-order valence-corrected chi connectivity index (χ1v) is 6.03. The van der Waals surface area contributed by atoms with Crippen molar-refractivity contribution in [1.29, 1.82) is 0 Å². The van der Waals surface area contributed by atoms with E-state index < -0.39 is 12.1 Å². The van der Waals surface area contributed by atoms with Gasteiger partial charge in [-0.15, -0.1) is 0 Å². The molecule has 1 heterocycles. The highest BCUT2D eigenvalue weighted by molar-refractivity contribution is 9.10. The predicted molar refractivity (Wildman–Crippen MR) is 67.0 cm³/mol. The van der Waals surface area contributed by atoms with E-state index in [1.807, 2.05) is 6.92 Å². The van der Waals surface area contributed by atoms with Crippen LogP contribution < -0.4 is 0 Å². The van der Waals surface area contributed by atoms with Gasteiger partial charge in [-0.2, -0.15) is 0 Å². The predicted octanol–water partition coefficient (Wildman–Crippen LogP) is 2.92. The maximum absolute atomic E-state index is 10.9. The molecule has 0 saturated heterocycles. The summed E-state index contributed by atoms with van der Waals surface area (Å²) in [4.78, 5) is 25.4. The zero-order chi connectivity index (χ0) is 13.2. The van der Waals surface area contributed by atoms with Crippen molar-refractivity contribution in [3.8, 4) is 0 Å². The highest BCUT2D eigenvalue weighted by Gasteiger charge is 2.20. The molecule has 1 rings (SSSR count). The van der Waals surface area contributed by atoms with E-state index in [2.05, 4.69) is 20.9 Å². The summed E-state index contributed by atoms with van der Waals surface area (Å²) in [5.74, 6) is -0.926. The number of aromatic nitrogens is 1. The average Bonchev–Trinajstić information content (AvgIpc) is 2.25. The Morgan fingerprint density at radius 1 is 1.47 bits per heavy atom. The Morgan fingerprint density at radius 3 is 2.59 bits per heavy atom. The van der Waals surface area contributed by atoms with Crippen molar-refractivity contribution in [2.24, 2.45) is 0 Å². The Labute approximate surface area is 112 Å². The van der Waals surface area contributed by atoms with Crippen molar-refractivity contribution in [1.82, 2.24) is 4.98 Å². The molecule has 0 amide bonds. The molecule has 6 heteroatoms. The quantitative estimate of drug-likeness (QED) is 0.488. The summed E-state index contributed by atoms with van der Waals surface area (Å²) in [7, 11) is 0. The molecule has 0 spiro atoms. The van der Waals surface area contributed by atoms with Gasteiger partial charge in [0.15, 0.2) is 0 Å². The molecule has 1 aromatic rings. The van der Waals surface area contributed by atoms with Crippen molar-refractivity contribution < 1.29 is 14.3 Å². The molecule has 0 fully saturated rings. The molecule has 1 unspecified atom stereocenters. The zero-order valence-corrected chi connectivity index (χ0v) is 11.9. The lowest BCUT2D eigenvalue weighted by Crippen LogP contribution is -2.12. The van der Waals surface area contributed by atoms with Gasteiger partial charge in [-0.3, -0.25) is 9.78 Å². The van der Waals surface area contributed by atoms with Crippen molar-refractivity contribution in [3.05, 3.63) is 26.4 Å². The molecule has 1 atom stereocenters. The fraction of sp³-hybridized carbons (Fsp3) is 0.364. The molecule has 0 N–H and O–H groups in total. The Morgan fingerprint density at radius 2 is 2.06 bits per heavy atom. The molecule has 92 valence electrons. The van der Waals surface area contributed by atoms with E-state index in [9.17, 15) is 9.59 Å². The smallest absolute Gasteiger partial charge is 0.371 e. The van der Waals surface area contributed by atoms with Crippen LogP contribution in [0.15, 0.2) is 4.47 Å². The molecule has 0 radical (unpaired) electrons. The molecule has 1 aromatic heterocycles. The number of hydrogen-bond donors (Lipinski definition) is 0. The van der Waals surface area contributed by atoms with Crippen LogP contribution >= 0.6 is 27.5 Å². The molecule has 4 nitrogen and oxygen atoms in total. The van der Waals surface area contributed by atoms with Gasteiger partial charge in [0.05, 0.1) is 15.2 Å². The Hall–Kier alpha value is -0.940. The summed E-state index contributed by atoms with van der Waals surface area (Å²) in [6.07, 6.45) is -0.499. The summed E-state index contributed by atoms with van der Waals surface area (Å²) in [6.45, 7) is 5.22. The Bertz CT molecular complexity index is 476. The topological polar surface area (TPSA) is 56.3 Å². The number of carbonyl (C=O) groups is 2. The van der Waals surface area contributed by atoms with Crippen molar-refractivity contribution in [3.63, 3.8) is 0 Å². The van der Waals surface area contributed by atoms with Gasteiger partial charge in [-0.25, -0.2) is 4.79 Å². The van der Waals surface area contributed by atoms with Crippen LogP contribution in [-0.4, -0.2) is 17.2 Å². The number of carbonyl (C=O) groups excluding carboxylic acids is 2. The first kappa shape index (κ1) is 14.1. The monoisotopic (exact) mass is 319 g/mol. The van der Waals surface area contributed by atoms with Crippen molar-refractivity contribution in [2.45, 2.75) is 26.9 Å². The Kier molecular flexibility index (Phi) is 4.65. The summed E-state index contributed by atoms with van der Waals surface area (Å²) in [6, 6.07) is 0. The number of pyridine rings is 1. The molecule has 17 heavy (non-hydrogen) atoms. The zero-order valence-electron chi connectivity index (χ0n) is 9.58. The van der Waals surface area contributed by atoms with E-state index in [1.54, 1.807) is 13.8 Å². The molecule has 0 aromatic carbocycles. The van der Waals surface area contributed by atoms with Crippen LogP contribution in [0.2, 0.25) is 5.02 Å². The van der Waals surface area contributed by atoms with Gasteiger partial charge in [0.1, 0.15) is 6.10 Å². The maximum Gasteiger partial charge on any atom is 0.371 e. The highest BCUT2D eigenvalue weighted by atomic mass is 79.9. The molecule has 0 aliphatic rings. The van der Waals surface area contributed by atoms with Gasteiger partial charge in [-0.05, 0) is 36.7 Å². The van der Waals surface area contributed by atoms with Crippen molar-refractivity contribution >= 4 is 39.8 Å². The lowest BCUT2D eigenvalue weighted by atomic mass is 10.1. The summed E-state index contributed by atoms with van der Waals surface area (Å²) in [5, 5.41) is 0.446. The normalized spacial score (nSPS) is 12.1. The van der Waals surface area contributed by atoms with Crippen LogP contribution in [0.5, 0.6) is 0 Å². The number of halogens is 2. The van der Waals surface area contributed by atoms with E-state index in [0.717, 1.165) is 5.69 Å². The van der Waals surface area contributed by atoms with Gasteiger partial charge >= 0.3 is 5.97 Å². The molecule has 0 aliphatic carbocycles. The summed E-state index contributed by atoms with van der Waals surface area (Å²) in [5.41, 5.74) is 2.02. The third-order valence-electron chi connectivity index (χ3n) is 2.27. The van der Waals surface area contributed by atoms with Crippen LogP contribution in [0.25, 0.3) is 0 Å². The minimum atomic E-state index is -0.926. The van der Waals surface area contributed by atoms with Crippen LogP contribution in [0, 0.1) is 13.8 Å². The molecular formula is C11H11BrClNO3. The second-order valence-corrected chi connectivity index (χ2v) is 4.69. The number of esters is 1. The van der Waals surface area contributed by atoms with Gasteiger partial charge in [-0.1, -0.05) is 11.6 Å². The third-order valence-corrected chi connectivity index (χ3v) is 3.86. The maximum atomic E-state index is 10.9. The molecule has 0 aliphatic heterocycles. The molecule has 0 bridgehead atoms. The standard InChI is InChI=1S/C11H11BrClNO3/c1-5-9(7(3)17-8(16)4-15)11(13)10(12)6(2)14-5/h4,7H,1-3H3. The van der Waals surface area contributed by atoms with E-state index >= 15 is 0 Å². The van der Waals surface area contributed by atoms with Crippen molar-refractivity contribution in [2.75, 3.05) is 0 Å². The number of rotatable bonds is 3. The first-order valence-electron chi connectivity index (χ1n) is 4.86. The fourth-order valence-corrected chi connectivity index (χ4v) is 2.26. The van der Waals surface area contributed by atoms with Crippen LogP contribution in [0.1, 0.15) is 30.0 Å². The third kappa shape index (κ3) is 3.04. The van der Waals surface area contributed by atoms with Crippen LogP contribution in [-0.2, 0) is 14.3 Å². The van der Waals surface area contributed by atoms with E-state index in [-0.39, 0.29) is 6.29 Å². The average molecular weight is 321 g/mol. The molecule has 0 saturated carbocycles. The minimum Gasteiger partial charge on any atom is -0.452 e. The lowest BCUT2D eigenvalue weighted by molar-refractivity contribution is -0.152. The summed E-state index contributed by atoms with van der Waals surface area (Å²) >= 11 is 9.47. The van der Waals surface area contributed by atoms with Gasteiger partial charge in [0.2, 0.25) is 6.29 Å². The van der Waals surface area contributed by atoms with Crippen LogP contribution in [0.4, 0.5) is 0 Å². The SMILES string of the molecule is Cc1nc(C)c(C(C)OC(=O)C=O)c(Cl)c1Br. The second kappa shape index (κ2) is 5.60. The number of aryl methyl sites for hydroxylation is 2. The summed E-state index contributed by atoms with van der Waals surface area (Å²) < 4.78 is 5.55. The number of hydrogen-bond acceptors (Lipinski definition) is 4. The van der Waals surface area contributed by atoms with Gasteiger partial charge in [0.25, 0.3) is 0 Å². The molecular weight excluding hydrogens is 309 g/mol. The number of ether oxygens (including phenoxy) is 1. The Balaban J connectivity index is 3.17. The number of nitrogens with zero attached hydrogens (tertiary/aromatic N) is 1. The van der Waals surface area contributed by atoms with E-state index in [0.29, 0.717) is 20.8 Å². The minimum absolute atomic E-state index is 0.121. The van der Waals surface area contributed by atoms with E-state index in [4.69, 9.17) is 16.3 Å². The highest BCUT2D eigenvalue weighted by Crippen LogP contribution is 2.35. The van der Waals surface area contributed by atoms with E-state index in [1.165, 1.54) is 0 Å².